The smallest absolute Gasteiger partial charge is 0.289 e. The molecule has 1 fully saturated rings. The predicted octanol–water partition coefficient (Wildman–Crippen LogP) is 4.64. The van der Waals surface area contributed by atoms with Crippen molar-refractivity contribution in [2.24, 2.45) is 5.92 Å². The molecule has 0 spiro atoms. The molecule has 0 N–H and O–H groups in total. The fourth-order valence-electron chi connectivity index (χ4n) is 4.61. The summed E-state index contributed by atoms with van der Waals surface area (Å²) in [6, 6.07) is 23.4. The summed E-state index contributed by atoms with van der Waals surface area (Å²) in [5.41, 5.74) is 3.84. The number of furan rings is 1. The number of benzene rings is 2. The average Bonchev–Trinajstić information content (AvgIpc) is 3.60. The highest BCUT2D eigenvalue weighted by molar-refractivity contribution is 5.91. The molecule has 0 saturated carbocycles. The molecule has 5 rings (SSSR count). The van der Waals surface area contributed by atoms with Crippen molar-refractivity contribution in [2.45, 2.75) is 19.4 Å². The molecule has 0 radical (unpaired) electrons. The molecule has 0 atom stereocenters. The number of nitrogens with zero attached hydrogens (tertiary/aromatic N) is 4. The second-order valence-corrected chi connectivity index (χ2v) is 8.89. The second kappa shape index (κ2) is 10.0. The van der Waals surface area contributed by atoms with Crippen LogP contribution in [0.25, 0.3) is 16.9 Å². The number of carbonyl (C=O) groups excluding carboxylic acids is 2. The van der Waals surface area contributed by atoms with E-state index in [0.717, 1.165) is 22.5 Å². The third kappa shape index (κ3) is 4.89. The molecular formula is C28H28N4O3. The van der Waals surface area contributed by atoms with E-state index >= 15 is 0 Å². The Morgan fingerprint density at radius 3 is 2.31 bits per heavy atom. The number of rotatable bonds is 6. The maximum absolute atomic E-state index is 13.3. The molecule has 7 heteroatoms. The summed E-state index contributed by atoms with van der Waals surface area (Å²) in [5, 5.41) is 4.85. The number of piperidine rings is 1. The fourth-order valence-corrected chi connectivity index (χ4v) is 4.61. The monoisotopic (exact) mass is 468 g/mol. The van der Waals surface area contributed by atoms with Crippen molar-refractivity contribution in [3.05, 3.63) is 96.6 Å². The maximum atomic E-state index is 13.3. The predicted molar refractivity (Wildman–Crippen MR) is 133 cm³/mol. The minimum Gasteiger partial charge on any atom is -0.459 e. The van der Waals surface area contributed by atoms with Crippen molar-refractivity contribution in [3.8, 4) is 16.9 Å². The SMILES string of the molecule is CN(Cc1cn(-c2ccccc2)nc1-c1ccccc1)C(=O)C1CCN(C(=O)c2ccco2)CC1. The first-order valence-electron chi connectivity index (χ1n) is 11.9. The molecule has 1 aliphatic rings. The van der Waals surface area contributed by atoms with Crippen LogP contribution < -0.4 is 0 Å². The number of para-hydroxylation sites is 1. The van der Waals surface area contributed by atoms with Crippen LogP contribution in [0.3, 0.4) is 0 Å². The van der Waals surface area contributed by atoms with E-state index in [1.807, 2.05) is 78.6 Å². The molecule has 35 heavy (non-hydrogen) atoms. The zero-order valence-corrected chi connectivity index (χ0v) is 19.7. The molecule has 1 saturated heterocycles. The Hall–Kier alpha value is -4.13. The van der Waals surface area contributed by atoms with Crippen LogP contribution in [0.5, 0.6) is 0 Å². The lowest BCUT2D eigenvalue weighted by atomic mass is 9.95. The molecule has 0 unspecified atom stereocenters. The average molecular weight is 469 g/mol. The van der Waals surface area contributed by atoms with Gasteiger partial charge in [-0.05, 0) is 37.1 Å². The van der Waals surface area contributed by atoms with Gasteiger partial charge in [0.1, 0.15) is 0 Å². The van der Waals surface area contributed by atoms with E-state index in [2.05, 4.69) is 0 Å². The summed E-state index contributed by atoms with van der Waals surface area (Å²) >= 11 is 0. The standard InChI is InChI=1S/C28H28N4O3/c1-30(27(33)22-14-16-31(17-15-22)28(34)25-13-8-18-35-25)19-23-20-32(24-11-6-3-7-12-24)29-26(23)21-9-4-2-5-10-21/h2-13,18,20,22H,14-17,19H2,1H3. The van der Waals surface area contributed by atoms with Gasteiger partial charge in [-0.25, -0.2) is 4.68 Å². The van der Waals surface area contributed by atoms with Gasteiger partial charge >= 0.3 is 0 Å². The normalized spacial score (nSPS) is 14.1. The van der Waals surface area contributed by atoms with Gasteiger partial charge in [0.05, 0.1) is 17.6 Å². The summed E-state index contributed by atoms with van der Waals surface area (Å²) in [5.74, 6) is 0.220. The number of hydrogen-bond donors (Lipinski definition) is 0. The lowest BCUT2D eigenvalue weighted by molar-refractivity contribution is -0.136. The van der Waals surface area contributed by atoms with Crippen LogP contribution >= 0.6 is 0 Å². The second-order valence-electron chi connectivity index (χ2n) is 8.89. The van der Waals surface area contributed by atoms with E-state index in [1.54, 1.807) is 21.9 Å². The molecule has 4 aromatic rings. The highest BCUT2D eigenvalue weighted by atomic mass is 16.3. The molecule has 2 aromatic carbocycles. The Labute approximate surface area is 204 Å². The van der Waals surface area contributed by atoms with Crippen molar-refractivity contribution < 1.29 is 14.0 Å². The zero-order valence-electron chi connectivity index (χ0n) is 19.7. The largest absolute Gasteiger partial charge is 0.459 e. The van der Waals surface area contributed by atoms with Gasteiger partial charge in [-0.2, -0.15) is 5.10 Å². The minimum atomic E-state index is -0.116. The van der Waals surface area contributed by atoms with Gasteiger partial charge in [0.2, 0.25) is 5.91 Å². The molecule has 2 amide bonds. The third-order valence-electron chi connectivity index (χ3n) is 6.51. The van der Waals surface area contributed by atoms with E-state index in [4.69, 9.17) is 9.52 Å². The lowest BCUT2D eigenvalue weighted by Crippen LogP contribution is -2.43. The Morgan fingerprint density at radius 1 is 0.971 bits per heavy atom. The van der Waals surface area contributed by atoms with Crippen molar-refractivity contribution >= 4 is 11.8 Å². The van der Waals surface area contributed by atoms with Crippen LogP contribution in [-0.4, -0.2) is 51.5 Å². The lowest BCUT2D eigenvalue weighted by Gasteiger charge is -2.32. The number of amides is 2. The zero-order chi connectivity index (χ0) is 24.2. The molecule has 178 valence electrons. The first kappa shape index (κ1) is 22.7. The number of aromatic nitrogens is 2. The van der Waals surface area contributed by atoms with Crippen molar-refractivity contribution in [3.63, 3.8) is 0 Å². The molecule has 2 aromatic heterocycles. The fraction of sp³-hybridized carbons (Fsp3) is 0.250. The van der Waals surface area contributed by atoms with Crippen LogP contribution in [0.2, 0.25) is 0 Å². The van der Waals surface area contributed by atoms with Crippen molar-refractivity contribution in [1.29, 1.82) is 0 Å². The van der Waals surface area contributed by atoms with Crippen molar-refractivity contribution in [2.75, 3.05) is 20.1 Å². The first-order chi connectivity index (χ1) is 17.1. The van der Waals surface area contributed by atoms with Gasteiger partial charge in [0.25, 0.3) is 5.91 Å². The van der Waals surface area contributed by atoms with Gasteiger partial charge in [-0.3, -0.25) is 9.59 Å². The summed E-state index contributed by atoms with van der Waals surface area (Å²) in [7, 11) is 1.84. The van der Waals surface area contributed by atoms with Crippen LogP contribution in [0, 0.1) is 5.92 Å². The van der Waals surface area contributed by atoms with Crippen LogP contribution in [0.1, 0.15) is 29.0 Å². The van der Waals surface area contributed by atoms with E-state index in [9.17, 15) is 9.59 Å². The van der Waals surface area contributed by atoms with E-state index in [1.165, 1.54) is 6.26 Å². The van der Waals surface area contributed by atoms with Gasteiger partial charge in [0, 0.05) is 49.9 Å². The van der Waals surface area contributed by atoms with E-state index in [-0.39, 0.29) is 17.7 Å². The first-order valence-corrected chi connectivity index (χ1v) is 11.9. The van der Waals surface area contributed by atoms with Crippen LogP contribution in [-0.2, 0) is 11.3 Å². The molecular weight excluding hydrogens is 440 g/mol. The van der Waals surface area contributed by atoms with Gasteiger partial charge in [0.15, 0.2) is 5.76 Å². The van der Waals surface area contributed by atoms with Crippen LogP contribution in [0.4, 0.5) is 0 Å². The summed E-state index contributed by atoms with van der Waals surface area (Å²) in [4.78, 5) is 29.4. The minimum absolute atomic E-state index is 0.0987. The molecule has 7 nitrogen and oxygen atoms in total. The summed E-state index contributed by atoms with van der Waals surface area (Å²) in [6.45, 7) is 1.55. The molecule has 3 heterocycles. The Balaban J connectivity index is 1.29. The Kier molecular flexibility index (Phi) is 6.48. The Bertz CT molecular complexity index is 1270. The van der Waals surface area contributed by atoms with E-state index in [0.29, 0.717) is 38.2 Å². The van der Waals surface area contributed by atoms with Gasteiger partial charge < -0.3 is 14.2 Å². The molecule has 1 aliphatic heterocycles. The number of carbonyl (C=O) groups is 2. The van der Waals surface area contributed by atoms with E-state index < -0.39 is 0 Å². The third-order valence-corrected chi connectivity index (χ3v) is 6.51. The number of hydrogen-bond acceptors (Lipinski definition) is 4. The molecule has 0 bridgehead atoms. The topological polar surface area (TPSA) is 71.6 Å². The summed E-state index contributed by atoms with van der Waals surface area (Å²) < 4.78 is 7.10. The summed E-state index contributed by atoms with van der Waals surface area (Å²) in [6.07, 6.45) is 4.79. The quantitative estimate of drug-likeness (QED) is 0.413. The Morgan fingerprint density at radius 2 is 1.66 bits per heavy atom. The highest BCUT2D eigenvalue weighted by Crippen LogP contribution is 2.26. The maximum Gasteiger partial charge on any atom is 0.289 e. The van der Waals surface area contributed by atoms with Gasteiger partial charge in [-0.15, -0.1) is 0 Å². The highest BCUT2D eigenvalue weighted by Gasteiger charge is 2.30. The van der Waals surface area contributed by atoms with Crippen molar-refractivity contribution in [1.82, 2.24) is 19.6 Å². The van der Waals surface area contributed by atoms with Gasteiger partial charge in [-0.1, -0.05) is 48.5 Å². The van der Waals surface area contributed by atoms with Crippen LogP contribution in [0.15, 0.2) is 89.7 Å². The molecule has 0 aliphatic carbocycles. The number of likely N-dealkylation sites (tertiary alicyclic amines) is 1.